The predicted octanol–water partition coefficient (Wildman–Crippen LogP) is 1.85. The Kier molecular flexibility index (Phi) is 6.54. The highest BCUT2D eigenvalue weighted by Crippen LogP contribution is 2.37. The Morgan fingerprint density at radius 1 is 1.05 bits per heavy atom. The molecule has 3 aromatic heterocycles. The number of morpholine rings is 1. The summed E-state index contributed by atoms with van der Waals surface area (Å²) in [6, 6.07) is 7.94. The summed E-state index contributed by atoms with van der Waals surface area (Å²) < 4.78 is 5.45. The number of nitrogens with zero attached hydrogens (tertiary/aromatic N) is 7. The van der Waals surface area contributed by atoms with Crippen molar-refractivity contribution in [3.05, 3.63) is 42.2 Å². The Morgan fingerprint density at radius 3 is 2.55 bits per heavy atom. The highest BCUT2D eigenvalue weighted by atomic mass is 16.5. The molecule has 3 aliphatic heterocycles. The van der Waals surface area contributed by atoms with Crippen LogP contribution in [-0.2, 0) is 16.1 Å². The van der Waals surface area contributed by atoms with Gasteiger partial charge >= 0.3 is 6.03 Å². The minimum Gasteiger partial charge on any atom is -0.378 e. The van der Waals surface area contributed by atoms with Crippen LogP contribution in [0.15, 0.2) is 36.7 Å². The van der Waals surface area contributed by atoms with E-state index < -0.39 is 0 Å². The van der Waals surface area contributed by atoms with Gasteiger partial charge in [-0.15, -0.1) is 0 Å². The lowest BCUT2D eigenvalue weighted by Gasteiger charge is -2.43. The van der Waals surface area contributed by atoms with E-state index in [1.54, 1.807) is 4.90 Å². The van der Waals surface area contributed by atoms with Crippen LogP contribution in [0.3, 0.4) is 0 Å². The maximum Gasteiger partial charge on any atom is 0.324 e. The number of primary amides is 1. The third kappa shape index (κ3) is 4.63. The van der Waals surface area contributed by atoms with E-state index in [2.05, 4.69) is 9.88 Å². The molecule has 0 bridgehead atoms. The first-order valence-corrected chi connectivity index (χ1v) is 13.1. The zero-order valence-electron chi connectivity index (χ0n) is 21.5. The van der Waals surface area contributed by atoms with Crippen LogP contribution >= 0.6 is 0 Å². The zero-order chi connectivity index (χ0) is 26.2. The Bertz CT molecular complexity index is 1350. The summed E-state index contributed by atoms with van der Waals surface area (Å²) in [6.07, 6.45) is 5.22. The van der Waals surface area contributed by atoms with Gasteiger partial charge in [-0.2, -0.15) is 0 Å². The largest absolute Gasteiger partial charge is 0.378 e. The third-order valence-corrected chi connectivity index (χ3v) is 7.62. The molecule has 3 amide bonds. The summed E-state index contributed by atoms with van der Waals surface area (Å²) in [7, 11) is 1.82. The number of urea groups is 1. The van der Waals surface area contributed by atoms with Crippen molar-refractivity contribution < 1.29 is 14.3 Å². The first-order valence-electron chi connectivity index (χ1n) is 13.1. The summed E-state index contributed by atoms with van der Waals surface area (Å²) in [5.74, 6) is 0.600. The first-order chi connectivity index (χ1) is 18.5. The van der Waals surface area contributed by atoms with E-state index >= 15 is 0 Å². The van der Waals surface area contributed by atoms with Gasteiger partial charge in [-0.25, -0.2) is 14.8 Å². The summed E-state index contributed by atoms with van der Waals surface area (Å²) in [6.45, 7) is 5.22. The monoisotopic (exact) mass is 516 g/mol. The summed E-state index contributed by atoms with van der Waals surface area (Å²) >= 11 is 0. The number of likely N-dealkylation sites (tertiary alicyclic amines) is 1. The Labute approximate surface area is 221 Å². The second-order valence-corrected chi connectivity index (χ2v) is 10.2. The summed E-state index contributed by atoms with van der Waals surface area (Å²) in [5, 5.41) is 0. The van der Waals surface area contributed by atoms with Crippen LogP contribution < -0.4 is 15.5 Å². The second kappa shape index (κ2) is 10.1. The van der Waals surface area contributed by atoms with Crippen molar-refractivity contribution in [1.82, 2.24) is 24.8 Å². The van der Waals surface area contributed by atoms with Gasteiger partial charge in [-0.1, -0.05) is 0 Å². The molecule has 6 rings (SSSR count). The predicted molar refractivity (Wildman–Crippen MR) is 144 cm³/mol. The molecule has 0 atom stereocenters. The minimum atomic E-state index is -0.330. The van der Waals surface area contributed by atoms with Crippen molar-refractivity contribution in [3.63, 3.8) is 0 Å². The van der Waals surface area contributed by atoms with E-state index in [9.17, 15) is 9.59 Å². The highest BCUT2D eigenvalue weighted by Gasteiger charge is 2.37. The molecular formula is C27H32N8O3. The topological polar surface area (TPSA) is 121 Å². The van der Waals surface area contributed by atoms with Crippen LogP contribution in [0.4, 0.5) is 16.3 Å². The first kappa shape index (κ1) is 24.5. The van der Waals surface area contributed by atoms with Crippen molar-refractivity contribution in [2.24, 2.45) is 5.73 Å². The summed E-state index contributed by atoms with van der Waals surface area (Å²) in [5.41, 5.74) is 10.4. The fourth-order valence-corrected chi connectivity index (χ4v) is 5.65. The number of aromatic nitrogens is 3. The second-order valence-electron chi connectivity index (χ2n) is 10.2. The smallest absolute Gasteiger partial charge is 0.324 e. The van der Waals surface area contributed by atoms with Gasteiger partial charge in [0.15, 0.2) is 0 Å². The molecule has 3 aliphatic rings. The molecule has 0 radical (unpaired) electrons. The number of carbonyl (C=O) groups excluding carboxylic acids is 2. The zero-order valence-corrected chi connectivity index (χ0v) is 21.5. The van der Waals surface area contributed by atoms with Crippen LogP contribution in [0.25, 0.3) is 22.3 Å². The number of anilines is 2. The Hall–Kier alpha value is -3.83. The fourth-order valence-electron chi connectivity index (χ4n) is 5.65. The number of amides is 3. The SMILES string of the molecule is CN1Cc2cnc3ccc(-c4ccc(N5CCOCC5)nc4)nc3c2N(C2CCN(CC(N)=O)CC2)C1=O. The average molecular weight is 517 g/mol. The molecule has 0 aromatic carbocycles. The van der Waals surface area contributed by atoms with Gasteiger partial charge in [0.05, 0.1) is 43.2 Å². The molecule has 198 valence electrons. The quantitative estimate of drug-likeness (QED) is 0.546. The minimum absolute atomic E-state index is 0.00125. The van der Waals surface area contributed by atoms with E-state index in [-0.39, 0.29) is 24.5 Å². The lowest BCUT2D eigenvalue weighted by molar-refractivity contribution is -0.119. The molecule has 6 heterocycles. The number of carbonyl (C=O) groups is 2. The van der Waals surface area contributed by atoms with Gasteiger partial charge in [0.2, 0.25) is 5.91 Å². The van der Waals surface area contributed by atoms with Crippen LogP contribution in [-0.4, -0.2) is 95.7 Å². The molecule has 0 spiro atoms. The van der Waals surface area contributed by atoms with Gasteiger partial charge in [-0.05, 0) is 37.1 Å². The van der Waals surface area contributed by atoms with Crippen LogP contribution in [0.1, 0.15) is 18.4 Å². The van der Waals surface area contributed by atoms with Crippen molar-refractivity contribution in [2.45, 2.75) is 25.4 Å². The highest BCUT2D eigenvalue weighted by molar-refractivity contribution is 6.04. The number of nitrogens with two attached hydrogens (primary N) is 1. The van der Waals surface area contributed by atoms with E-state index in [4.69, 9.17) is 20.4 Å². The number of hydrogen-bond acceptors (Lipinski definition) is 8. The van der Waals surface area contributed by atoms with Gasteiger partial charge in [0.25, 0.3) is 0 Å². The maximum atomic E-state index is 13.5. The molecule has 3 aromatic rings. The van der Waals surface area contributed by atoms with Gasteiger partial charge in [0, 0.05) is 62.8 Å². The van der Waals surface area contributed by atoms with Gasteiger partial charge in [0.1, 0.15) is 11.3 Å². The van der Waals surface area contributed by atoms with Crippen molar-refractivity contribution in [2.75, 3.05) is 62.8 Å². The molecule has 0 aliphatic carbocycles. The lowest BCUT2D eigenvalue weighted by atomic mass is 9.99. The average Bonchev–Trinajstić information content (AvgIpc) is 2.94. The molecule has 0 unspecified atom stereocenters. The molecule has 2 fully saturated rings. The van der Waals surface area contributed by atoms with Gasteiger partial charge in [-0.3, -0.25) is 19.6 Å². The number of pyridine rings is 3. The number of hydrogen-bond donors (Lipinski definition) is 1. The number of rotatable bonds is 5. The fraction of sp³-hybridized carbons (Fsp3) is 0.444. The van der Waals surface area contributed by atoms with Crippen molar-refractivity contribution >= 4 is 34.5 Å². The molecule has 2 saturated heterocycles. The Morgan fingerprint density at radius 2 is 1.84 bits per heavy atom. The molecular weight excluding hydrogens is 484 g/mol. The molecule has 0 saturated carbocycles. The van der Waals surface area contributed by atoms with E-state index in [1.165, 1.54) is 0 Å². The van der Waals surface area contributed by atoms with E-state index in [0.29, 0.717) is 32.8 Å². The lowest BCUT2D eigenvalue weighted by Crippen LogP contribution is -2.54. The molecule has 11 heteroatoms. The number of piperidine rings is 1. The third-order valence-electron chi connectivity index (χ3n) is 7.62. The van der Waals surface area contributed by atoms with Crippen LogP contribution in [0, 0.1) is 0 Å². The number of ether oxygens (including phenoxy) is 1. The van der Waals surface area contributed by atoms with Crippen molar-refractivity contribution in [1.29, 1.82) is 0 Å². The van der Waals surface area contributed by atoms with Crippen molar-refractivity contribution in [3.8, 4) is 11.3 Å². The summed E-state index contributed by atoms with van der Waals surface area (Å²) in [4.78, 5) is 47.2. The molecule has 38 heavy (non-hydrogen) atoms. The standard InChI is InChI=1S/C27H32N8O3/c1-32-16-19-15-29-22-4-3-21(18-2-5-24(30-14-18)34-10-12-38-13-11-34)31-25(22)26(19)35(27(32)37)20-6-8-33(9-7-20)17-23(28)36/h2-5,14-15,20H,6-13,16-17H2,1H3,(H2,28,36). The number of fused-ring (bicyclic) bond motifs is 3. The maximum absolute atomic E-state index is 13.5. The van der Waals surface area contributed by atoms with E-state index in [0.717, 1.165) is 65.3 Å². The van der Waals surface area contributed by atoms with Gasteiger partial charge < -0.3 is 20.3 Å². The Balaban J connectivity index is 1.34. The van der Waals surface area contributed by atoms with E-state index in [1.807, 2.05) is 53.5 Å². The normalized spacial score (nSPS) is 19.2. The van der Waals surface area contributed by atoms with Crippen LogP contribution in [0.5, 0.6) is 0 Å². The molecule has 2 N–H and O–H groups in total. The van der Waals surface area contributed by atoms with Crippen LogP contribution in [0.2, 0.25) is 0 Å². The molecule has 11 nitrogen and oxygen atoms in total.